The number of benzene rings is 2. The summed E-state index contributed by atoms with van der Waals surface area (Å²) in [7, 11) is 3.17. The third-order valence-electron chi connectivity index (χ3n) is 4.42. The maximum absolute atomic E-state index is 12.6. The van der Waals surface area contributed by atoms with E-state index in [4.69, 9.17) is 14.2 Å². The normalized spacial score (nSPS) is 14.4. The quantitative estimate of drug-likeness (QED) is 0.506. The molecule has 2 aromatic carbocycles. The summed E-state index contributed by atoms with van der Waals surface area (Å²) in [6, 6.07) is 11.4. The van der Waals surface area contributed by atoms with Crippen LogP contribution in [0.5, 0.6) is 11.5 Å². The van der Waals surface area contributed by atoms with E-state index in [1.807, 2.05) is 36.4 Å². The zero-order chi connectivity index (χ0) is 19.2. The van der Waals surface area contributed by atoms with Gasteiger partial charge in [0.05, 0.1) is 27.4 Å². The Bertz CT molecular complexity index is 844. The van der Waals surface area contributed by atoms with Crippen molar-refractivity contribution >= 4 is 33.5 Å². The van der Waals surface area contributed by atoms with Gasteiger partial charge in [-0.25, -0.2) is 0 Å². The molecule has 0 aliphatic carbocycles. The summed E-state index contributed by atoms with van der Waals surface area (Å²) in [6.45, 7) is 3.11. The molecule has 0 amide bonds. The van der Waals surface area contributed by atoms with Crippen molar-refractivity contribution in [2.24, 2.45) is 0 Å². The Hall–Kier alpha value is -2.31. The molecule has 1 heterocycles. The van der Waals surface area contributed by atoms with E-state index in [-0.39, 0.29) is 5.78 Å². The van der Waals surface area contributed by atoms with Gasteiger partial charge in [-0.05, 0) is 42.0 Å². The van der Waals surface area contributed by atoms with E-state index in [1.54, 1.807) is 26.4 Å². The first-order valence-electron chi connectivity index (χ1n) is 8.69. The lowest BCUT2D eigenvalue weighted by Gasteiger charge is -2.29. The van der Waals surface area contributed by atoms with Crippen LogP contribution in [0.1, 0.15) is 15.9 Å². The third kappa shape index (κ3) is 4.70. The predicted molar refractivity (Wildman–Crippen MR) is 110 cm³/mol. The van der Waals surface area contributed by atoms with Crippen LogP contribution in [0.25, 0.3) is 6.08 Å². The number of ether oxygens (including phenoxy) is 3. The fourth-order valence-corrected chi connectivity index (χ4v) is 3.39. The third-order valence-corrected chi connectivity index (χ3v) is 5.11. The van der Waals surface area contributed by atoms with Crippen LogP contribution in [0, 0.1) is 0 Å². The standard InChI is InChI=1S/C21H22BrNO4/c1-25-20-13-15(18(22)14-21(20)26-2)6-7-19(24)16-4-3-5-17(12-16)23-8-10-27-11-9-23/h3-7,12-14H,8-11H2,1-2H3. The monoisotopic (exact) mass is 431 g/mol. The van der Waals surface area contributed by atoms with Gasteiger partial charge in [0, 0.05) is 28.8 Å². The summed E-state index contributed by atoms with van der Waals surface area (Å²) in [4.78, 5) is 14.9. The summed E-state index contributed by atoms with van der Waals surface area (Å²) in [5.41, 5.74) is 2.54. The minimum Gasteiger partial charge on any atom is -0.493 e. The summed E-state index contributed by atoms with van der Waals surface area (Å²) >= 11 is 3.50. The molecule has 0 spiro atoms. The van der Waals surface area contributed by atoms with Crippen LogP contribution in [0.2, 0.25) is 0 Å². The molecule has 0 atom stereocenters. The largest absolute Gasteiger partial charge is 0.493 e. The number of methoxy groups -OCH3 is 2. The predicted octanol–water partition coefficient (Wildman–Crippen LogP) is 4.20. The smallest absolute Gasteiger partial charge is 0.185 e. The summed E-state index contributed by atoms with van der Waals surface area (Å²) in [5, 5.41) is 0. The van der Waals surface area contributed by atoms with Crippen LogP contribution in [-0.4, -0.2) is 46.3 Å². The summed E-state index contributed by atoms with van der Waals surface area (Å²) < 4.78 is 16.8. The molecule has 1 saturated heterocycles. The van der Waals surface area contributed by atoms with Crippen LogP contribution in [0.15, 0.2) is 46.9 Å². The van der Waals surface area contributed by atoms with Crippen LogP contribution in [-0.2, 0) is 4.74 Å². The van der Waals surface area contributed by atoms with Gasteiger partial charge in [0.25, 0.3) is 0 Å². The Morgan fingerprint density at radius 1 is 1.11 bits per heavy atom. The molecule has 142 valence electrons. The Labute approximate surface area is 167 Å². The van der Waals surface area contributed by atoms with Crippen molar-refractivity contribution in [1.29, 1.82) is 0 Å². The zero-order valence-corrected chi connectivity index (χ0v) is 17.0. The Morgan fingerprint density at radius 3 is 2.52 bits per heavy atom. The highest BCUT2D eigenvalue weighted by Crippen LogP contribution is 2.34. The molecule has 0 bridgehead atoms. The maximum atomic E-state index is 12.6. The Kier molecular flexibility index (Phi) is 6.53. The van der Waals surface area contributed by atoms with Gasteiger partial charge in [-0.1, -0.05) is 28.1 Å². The number of anilines is 1. The second-order valence-corrected chi connectivity index (χ2v) is 6.93. The molecule has 0 aromatic heterocycles. The molecule has 0 saturated carbocycles. The van der Waals surface area contributed by atoms with Gasteiger partial charge in [0.15, 0.2) is 17.3 Å². The fourth-order valence-electron chi connectivity index (χ4n) is 2.94. The number of allylic oxidation sites excluding steroid dienone is 1. The molecule has 1 aliphatic heterocycles. The van der Waals surface area contributed by atoms with Gasteiger partial charge >= 0.3 is 0 Å². The van der Waals surface area contributed by atoms with E-state index in [2.05, 4.69) is 20.8 Å². The second-order valence-electron chi connectivity index (χ2n) is 6.08. The topological polar surface area (TPSA) is 48.0 Å². The minimum atomic E-state index is -0.0493. The van der Waals surface area contributed by atoms with Crippen molar-refractivity contribution in [3.05, 3.63) is 58.1 Å². The number of rotatable bonds is 6. The van der Waals surface area contributed by atoms with Gasteiger partial charge in [0.2, 0.25) is 0 Å². The molecule has 2 aromatic rings. The molecule has 0 radical (unpaired) electrons. The van der Waals surface area contributed by atoms with E-state index in [0.29, 0.717) is 30.3 Å². The number of hydrogen-bond donors (Lipinski definition) is 0. The van der Waals surface area contributed by atoms with Crippen molar-refractivity contribution in [3.8, 4) is 11.5 Å². The molecular formula is C21H22BrNO4. The summed E-state index contributed by atoms with van der Waals surface area (Å²) in [5.74, 6) is 1.19. The van der Waals surface area contributed by atoms with Crippen molar-refractivity contribution < 1.29 is 19.0 Å². The van der Waals surface area contributed by atoms with E-state index >= 15 is 0 Å². The number of halogens is 1. The lowest BCUT2D eigenvalue weighted by atomic mass is 10.1. The van der Waals surface area contributed by atoms with Crippen molar-refractivity contribution in [1.82, 2.24) is 0 Å². The van der Waals surface area contributed by atoms with Gasteiger partial charge in [0.1, 0.15) is 0 Å². The van der Waals surface area contributed by atoms with Crippen LogP contribution >= 0.6 is 15.9 Å². The molecule has 1 aliphatic rings. The summed E-state index contributed by atoms with van der Waals surface area (Å²) in [6.07, 6.45) is 3.35. The lowest BCUT2D eigenvalue weighted by molar-refractivity contribution is 0.104. The second kappa shape index (κ2) is 9.06. The SMILES string of the molecule is COc1cc(Br)c(C=CC(=O)c2cccc(N3CCOCC3)c2)cc1OC. The molecule has 3 rings (SSSR count). The number of carbonyl (C=O) groups is 1. The minimum absolute atomic E-state index is 0.0493. The lowest BCUT2D eigenvalue weighted by Crippen LogP contribution is -2.36. The maximum Gasteiger partial charge on any atom is 0.185 e. The van der Waals surface area contributed by atoms with Crippen LogP contribution in [0.3, 0.4) is 0 Å². The van der Waals surface area contributed by atoms with E-state index in [1.165, 1.54) is 0 Å². The van der Waals surface area contributed by atoms with E-state index in [9.17, 15) is 4.79 Å². The first kappa shape index (κ1) is 19.5. The Balaban J connectivity index is 1.79. The van der Waals surface area contributed by atoms with Crippen molar-refractivity contribution in [3.63, 3.8) is 0 Å². The van der Waals surface area contributed by atoms with E-state index < -0.39 is 0 Å². The average Bonchev–Trinajstić information content (AvgIpc) is 2.73. The van der Waals surface area contributed by atoms with Crippen LogP contribution in [0.4, 0.5) is 5.69 Å². The fraction of sp³-hybridized carbons (Fsp3) is 0.286. The molecule has 1 fully saturated rings. The number of nitrogens with zero attached hydrogens (tertiary/aromatic N) is 1. The molecule has 5 nitrogen and oxygen atoms in total. The van der Waals surface area contributed by atoms with Crippen molar-refractivity contribution in [2.45, 2.75) is 0 Å². The highest BCUT2D eigenvalue weighted by Gasteiger charge is 2.13. The number of carbonyl (C=O) groups excluding carboxylic acids is 1. The van der Waals surface area contributed by atoms with Gasteiger partial charge in [-0.15, -0.1) is 0 Å². The van der Waals surface area contributed by atoms with Gasteiger partial charge in [-0.2, -0.15) is 0 Å². The zero-order valence-electron chi connectivity index (χ0n) is 15.4. The molecule has 0 unspecified atom stereocenters. The molecule has 6 heteroatoms. The number of morpholine rings is 1. The number of hydrogen-bond acceptors (Lipinski definition) is 5. The van der Waals surface area contributed by atoms with Gasteiger partial charge in [-0.3, -0.25) is 4.79 Å². The van der Waals surface area contributed by atoms with E-state index in [0.717, 1.165) is 28.8 Å². The molecular weight excluding hydrogens is 410 g/mol. The van der Waals surface area contributed by atoms with Crippen LogP contribution < -0.4 is 14.4 Å². The average molecular weight is 432 g/mol. The highest BCUT2D eigenvalue weighted by atomic mass is 79.9. The number of ketones is 1. The molecule has 27 heavy (non-hydrogen) atoms. The molecule has 0 N–H and O–H groups in total. The van der Waals surface area contributed by atoms with Crippen molar-refractivity contribution in [2.75, 3.05) is 45.4 Å². The highest BCUT2D eigenvalue weighted by molar-refractivity contribution is 9.10. The first-order chi connectivity index (χ1) is 13.1. The Morgan fingerprint density at radius 2 is 1.81 bits per heavy atom. The van der Waals surface area contributed by atoms with Gasteiger partial charge < -0.3 is 19.1 Å². The first-order valence-corrected chi connectivity index (χ1v) is 9.48.